The number of aromatic nitrogens is 3. The van der Waals surface area contributed by atoms with Crippen molar-refractivity contribution in [3.8, 4) is 0 Å². The van der Waals surface area contributed by atoms with E-state index >= 15 is 4.39 Å². The van der Waals surface area contributed by atoms with Crippen LogP contribution in [-0.4, -0.2) is 40.0 Å². The van der Waals surface area contributed by atoms with E-state index in [9.17, 15) is 18.0 Å². The smallest absolute Gasteiger partial charge is 0.144 e. The van der Waals surface area contributed by atoms with Crippen LogP contribution in [0.5, 0.6) is 0 Å². The molecule has 3 heterocycles. The normalized spacial score (nSPS) is 17.3. The Hall–Kier alpha value is -4.41. The summed E-state index contributed by atoms with van der Waals surface area (Å²) in [4.78, 5) is 25.5. The fourth-order valence-corrected chi connectivity index (χ4v) is 6.09. The maximum absolute atomic E-state index is 15.1. The molecule has 1 fully saturated rings. The number of pyridine rings is 1. The van der Waals surface area contributed by atoms with Gasteiger partial charge >= 0.3 is 0 Å². The second-order valence-corrected chi connectivity index (χ2v) is 12.0. The molecule has 46 heavy (non-hydrogen) atoms. The Balaban J connectivity index is 1.11. The number of hydrogen-bond acceptors (Lipinski definition) is 5. The van der Waals surface area contributed by atoms with Gasteiger partial charge in [0.2, 0.25) is 0 Å². The van der Waals surface area contributed by atoms with Crippen LogP contribution in [0.3, 0.4) is 0 Å². The summed E-state index contributed by atoms with van der Waals surface area (Å²) in [5.74, 6) is -2.73. The number of hydrogen-bond donors (Lipinski definition) is 2. The SMILES string of the molecule is Cc1cc2nc([C@@H]3CO[C@H](CCc4c(F)cncc4CC(=O)C[C@@H](c4ccc(F)cc4)c4cc(F)cc(F)c4)CN3)[nH]c2cc1C. The number of nitrogens with one attached hydrogen (secondary N) is 2. The monoisotopic (exact) mass is 630 g/mol. The molecule has 3 atom stereocenters. The molecule has 0 saturated carbocycles. The number of rotatable bonds is 10. The Morgan fingerprint density at radius 2 is 1.67 bits per heavy atom. The number of carbonyl (C=O) groups excluding carboxylic acids is 1. The van der Waals surface area contributed by atoms with Gasteiger partial charge in [-0.05, 0) is 96.5 Å². The first kappa shape index (κ1) is 31.6. The van der Waals surface area contributed by atoms with Crippen LogP contribution in [0.15, 0.2) is 67.0 Å². The number of carbonyl (C=O) groups is 1. The van der Waals surface area contributed by atoms with E-state index in [1.807, 2.05) is 0 Å². The highest BCUT2D eigenvalue weighted by Gasteiger charge is 2.26. The molecule has 0 spiro atoms. The number of aryl methyl sites for hydroxylation is 2. The molecule has 1 aliphatic heterocycles. The zero-order chi connectivity index (χ0) is 32.4. The maximum Gasteiger partial charge on any atom is 0.144 e. The lowest BCUT2D eigenvalue weighted by atomic mass is 9.85. The number of aromatic amines is 1. The van der Waals surface area contributed by atoms with Crippen molar-refractivity contribution >= 4 is 16.8 Å². The predicted octanol–water partition coefficient (Wildman–Crippen LogP) is 7.13. The van der Waals surface area contributed by atoms with Crippen LogP contribution in [0, 0.1) is 37.1 Å². The molecule has 2 N–H and O–H groups in total. The lowest BCUT2D eigenvalue weighted by Crippen LogP contribution is -2.41. The quantitative estimate of drug-likeness (QED) is 0.161. The Morgan fingerprint density at radius 3 is 2.39 bits per heavy atom. The van der Waals surface area contributed by atoms with Crippen molar-refractivity contribution < 1.29 is 27.1 Å². The first-order valence-corrected chi connectivity index (χ1v) is 15.3. The highest BCUT2D eigenvalue weighted by molar-refractivity contribution is 5.82. The van der Waals surface area contributed by atoms with E-state index in [2.05, 4.69) is 41.3 Å². The molecular formula is C36H34F4N4O2. The van der Waals surface area contributed by atoms with Gasteiger partial charge in [-0.2, -0.15) is 0 Å². The number of ether oxygens (including phenoxy) is 1. The number of imidazole rings is 1. The standard InChI is InChI=1S/C36H34F4N4O2/c1-20-9-33-34(10-21(20)2)44-36(43-33)35-19-46-29(17-42-35)7-8-30-24(16-41-18-32(30)40)13-28(45)15-31(22-3-5-25(37)6-4-22)23-11-26(38)14-27(39)12-23/h3-6,9-12,14,16,18,29,31,35,42H,7-8,13,15,17,19H2,1-2H3,(H,43,44)/t29-,31+,35+/m1/s1. The summed E-state index contributed by atoms with van der Waals surface area (Å²) in [7, 11) is 0. The van der Waals surface area contributed by atoms with Crippen LogP contribution in [0.1, 0.15) is 64.0 Å². The third kappa shape index (κ3) is 7.18. The second-order valence-electron chi connectivity index (χ2n) is 12.0. The molecule has 10 heteroatoms. The average Bonchev–Trinajstić information content (AvgIpc) is 3.42. The summed E-state index contributed by atoms with van der Waals surface area (Å²) in [6.07, 6.45) is 3.03. The summed E-state index contributed by atoms with van der Waals surface area (Å²) < 4.78 is 63.0. The van der Waals surface area contributed by atoms with E-state index < -0.39 is 29.2 Å². The Labute approximate surface area is 264 Å². The van der Waals surface area contributed by atoms with Crippen molar-refractivity contribution in [1.82, 2.24) is 20.3 Å². The van der Waals surface area contributed by atoms with Gasteiger partial charge in [0.15, 0.2) is 0 Å². The minimum atomic E-state index is -0.778. The highest BCUT2D eigenvalue weighted by Crippen LogP contribution is 2.31. The van der Waals surface area contributed by atoms with Crippen LogP contribution >= 0.6 is 0 Å². The van der Waals surface area contributed by atoms with Crippen molar-refractivity contribution in [2.75, 3.05) is 13.2 Å². The molecule has 2 aromatic heterocycles. The van der Waals surface area contributed by atoms with Gasteiger partial charge in [0.1, 0.15) is 34.9 Å². The molecule has 6 rings (SSSR count). The zero-order valence-electron chi connectivity index (χ0n) is 25.5. The van der Waals surface area contributed by atoms with Crippen LogP contribution in [0.25, 0.3) is 11.0 Å². The number of morpholine rings is 1. The average molecular weight is 631 g/mol. The summed E-state index contributed by atoms with van der Waals surface area (Å²) in [6.45, 7) is 5.07. The number of H-pyrrole nitrogens is 1. The third-order valence-electron chi connectivity index (χ3n) is 8.73. The number of ketones is 1. The summed E-state index contributed by atoms with van der Waals surface area (Å²) >= 11 is 0. The zero-order valence-corrected chi connectivity index (χ0v) is 25.5. The maximum atomic E-state index is 15.1. The topological polar surface area (TPSA) is 79.9 Å². The largest absolute Gasteiger partial charge is 0.375 e. The molecule has 0 aliphatic carbocycles. The van der Waals surface area contributed by atoms with E-state index in [1.165, 1.54) is 53.7 Å². The number of nitrogens with zero attached hydrogens (tertiary/aromatic N) is 2. The van der Waals surface area contributed by atoms with Gasteiger partial charge in [-0.1, -0.05) is 12.1 Å². The first-order valence-electron chi connectivity index (χ1n) is 15.3. The van der Waals surface area contributed by atoms with Gasteiger partial charge in [0.25, 0.3) is 0 Å². The Bertz CT molecular complexity index is 1810. The van der Waals surface area contributed by atoms with Crippen LogP contribution in [-0.2, 0) is 22.4 Å². The van der Waals surface area contributed by atoms with E-state index in [0.717, 1.165) is 29.1 Å². The fraction of sp³-hybridized carbons (Fsp3) is 0.306. The van der Waals surface area contributed by atoms with Crippen molar-refractivity contribution in [1.29, 1.82) is 0 Å². The second kappa shape index (κ2) is 13.5. The summed E-state index contributed by atoms with van der Waals surface area (Å²) in [5.41, 5.74) is 5.87. The van der Waals surface area contributed by atoms with Gasteiger partial charge in [-0.25, -0.2) is 22.5 Å². The number of Topliss-reactive ketones (excluding diaryl/α,β-unsaturated/α-hetero) is 1. The molecule has 1 saturated heterocycles. The molecule has 1 aliphatic rings. The number of benzene rings is 3. The van der Waals surface area contributed by atoms with Gasteiger partial charge in [0.05, 0.1) is 36.0 Å². The predicted molar refractivity (Wildman–Crippen MR) is 166 cm³/mol. The molecule has 6 nitrogen and oxygen atoms in total. The highest BCUT2D eigenvalue weighted by atomic mass is 19.1. The van der Waals surface area contributed by atoms with E-state index in [-0.39, 0.29) is 36.3 Å². The summed E-state index contributed by atoms with van der Waals surface area (Å²) in [5, 5.41) is 3.48. The molecule has 238 valence electrons. The summed E-state index contributed by atoms with van der Waals surface area (Å²) in [6, 6.07) is 12.6. The van der Waals surface area contributed by atoms with Crippen molar-refractivity contribution in [2.24, 2.45) is 0 Å². The Kier molecular flexibility index (Phi) is 9.28. The number of fused-ring (bicyclic) bond motifs is 1. The van der Waals surface area contributed by atoms with E-state index in [0.29, 0.717) is 42.7 Å². The van der Waals surface area contributed by atoms with Gasteiger partial charge in [-0.15, -0.1) is 0 Å². The van der Waals surface area contributed by atoms with Gasteiger partial charge < -0.3 is 15.0 Å². The molecule has 3 aromatic carbocycles. The van der Waals surface area contributed by atoms with Crippen LogP contribution < -0.4 is 5.32 Å². The molecule has 5 aromatic rings. The van der Waals surface area contributed by atoms with Crippen molar-refractivity contribution in [3.63, 3.8) is 0 Å². The molecular weight excluding hydrogens is 596 g/mol. The number of halogens is 4. The van der Waals surface area contributed by atoms with E-state index in [4.69, 9.17) is 9.72 Å². The fourth-order valence-electron chi connectivity index (χ4n) is 6.09. The van der Waals surface area contributed by atoms with E-state index in [1.54, 1.807) is 0 Å². The first-order chi connectivity index (χ1) is 22.1. The molecule has 0 radical (unpaired) electrons. The van der Waals surface area contributed by atoms with Gasteiger partial charge in [-0.3, -0.25) is 9.78 Å². The van der Waals surface area contributed by atoms with Crippen molar-refractivity contribution in [2.45, 2.75) is 57.6 Å². The molecule has 0 bridgehead atoms. The molecule has 0 amide bonds. The van der Waals surface area contributed by atoms with Gasteiger partial charge in [0, 0.05) is 37.6 Å². The van der Waals surface area contributed by atoms with Crippen molar-refractivity contribution in [3.05, 3.63) is 129 Å². The minimum Gasteiger partial charge on any atom is -0.375 e. The molecule has 0 unspecified atom stereocenters. The minimum absolute atomic E-state index is 0.101. The lowest BCUT2D eigenvalue weighted by Gasteiger charge is -2.29. The van der Waals surface area contributed by atoms with Crippen LogP contribution in [0.2, 0.25) is 0 Å². The third-order valence-corrected chi connectivity index (χ3v) is 8.73. The lowest BCUT2D eigenvalue weighted by molar-refractivity contribution is -0.118. The van der Waals surface area contributed by atoms with Crippen LogP contribution in [0.4, 0.5) is 17.6 Å². The Morgan fingerprint density at radius 1 is 0.935 bits per heavy atom.